The molecule has 1 fully saturated rings. The smallest absolute Gasteiger partial charge is 0.184 e. The summed E-state index contributed by atoms with van der Waals surface area (Å²) in [5.41, 5.74) is 0.990. The summed E-state index contributed by atoms with van der Waals surface area (Å²) < 4.78 is 16.7. The number of hydrogen-bond donors (Lipinski definition) is 0. The first-order valence-corrected chi connectivity index (χ1v) is 6.09. The molecule has 3 atom stereocenters. The fourth-order valence-electron chi connectivity index (χ4n) is 1.98. The molecule has 1 saturated heterocycles. The second kappa shape index (κ2) is 5.90. The zero-order valence-corrected chi connectivity index (χ0v) is 10.8. The molecule has 1 aliphatic heterocycles. The second-order valence-corrected chi connectivity index (χ2v) is 4.50. The van der Waals surface area contributed by atoms with Crippen molar-refractivity contribution in [2.24, 2.45) is 5.92 Å². The van der Waals surface area contributed by atoms with Gasteiger partial charge in [0, 0.05) is 17.9 Å². The van der Waals surface area contributed by atoms with E-state index in [9.17, 15) is 0 Å². The normalized spacial score (nSPS) is 27.5. The maximum atomic E-state index is 5.89. The van der Waals surface area contributed by atoms with Crippen LogP contribution in [0.2, 0.25) is 0 Å². The quantitative estimate of drug-likeness (QED) is 0.767. The van der Waals surface area contributed by atoms with Gasteiger partial charge in [-0.15, -0.1) is 12.3 Å². The first-order chi connectivity index (χ1) is 8.74. The molecule has 1 heterocycles. The average molecular weight is 246 g/mol. The topological polar surface area (TPSA) is 27.7 Å². The average Bonchev–Trinajstić information content (AvgIpc) is 2.42. The van der Waals surface area contributed by atoms with E-state index in [-0.39, 0.29) is 12.4 Å². The molecular formula is C15H18O3. The molecule has 1 aromatic rings. The number of rotatable bonds is 3. The fourth-order valence-corrected chi connectivity index (χ4v) is 1.98. The Morgan fingerprint density at radius 3 is 2.72 bits per heavy atom. The van der Waals surface area contributed by atoms with Crippen LogP contribution in [0, 0.1) is 18.3 Å². The Morgan fingerprint density at radius 1 is 1.39 bits per heavy atom. The Hall–Kier alpha value is -1.50. The van der Waals surface area contributed by atoms with Crippen molar-refractivity contribution in [3.8, 4) is 18.1 Å². The Morgan fingerprint density at radius 2 is 2.11 bits per heavy atom. The monoisotopic (exact) mass is 246 g/mol. The number of ether oxygens (including phenoxy) is 3. The molecule has 3 heteroatoms. The van der Waals surface area contributed by atoms with Crippen LogP contribution in [-0.2, 0) is 9.47 Å². The van der Waals surface area contributed by atoms with Crippen LogP contribution in [0.1, 0.15) is 25.2 Å². The lowest BCUT2D eigenvalue weighted by molar-refractivity contribution is -0.236. The van der Waals surface area contributed by atoms with E-state index in [1.807, 2.05) is 24.3 Å². The van der Waals surface area contributed by atoms with Crippen LogP contribution in [0.5, 0.6) is 5.75 Å². The molecule has 3 nitrogen and oxygen atoms in total. The molecule has 2 rings (SSSR count). The SMILES string of the molecule is C#CC[C@H]1O[C@H](c2ccc(OC)cc2)OC[C@H]1C. The molecule has 0 amide bonds. The van der Waals surface area contributed by atoms with Crippen molar-refractivity contribution in [1.29, 1.82) is 0 Å². The summed E-state index contributed by atoms with van der Waals surface area (Å²) in [7, 11) is 1.65. The van der Waals surface area contributed by atoms with Gasteiger partial charge in [-0.25, -0.2) is 0 Å². The van der Waals surface area contributed by atoms with E-state index in [2.05, 4.69) is 12.8 Å². The van der Waals surface area contributed by atoms with Crippen LogP contribution in [0.15, 0.2) is 24.3 Å². The second-order valence-electron chi connectivity index (χ2n) is 4.50. The maximum absolute atomic E-state index is 5.89. The van der Waals surface area contributed by atoms with Crippen molar-refractivity contribution in [2.75, 3.05) is 13.7 Å². The predicted molar refractivity (Wildman–Crippen MR) is 69.2 cm³/mol. The van der Waals surface area contributed by atoms with Crippen LogP contribution < -0.4 is 4.74 Å². The van der Waals surface area contributed by atoms with Gasteiger partial charge in [-0.1, -0.05) is 19.1 Å². The third kappa shape index (κ3) is 2.84. The van der Waals surface area contributed by atoms with Gasteiger partial charge >= 0.3 is 0 Å². The summed E-state index contributed by atoms with van der Waals surface area (Å²) in [5, 5.41) is 0. The molecule has 0 radical (unpaired) electrons. The number of hydrogen-bond acceptors (Lipinski definition) is 3. The Labute approximate surface area is 108 Å². The lowest BCUT2D eigenvalue weighted by Crippen LogP contribution is -2.34. The van der Waals surface area contributed by atoms with Gasteiger partial charge in [0.15, 0.2) is 6.29 Å². The van der Waals surface area contributed by atoms with Crippen LogP contribution in [-0.4, -0.2) is 19.8 Å². The van der Waals surface area contributed by atoms with E-state index >= 15 is 0 Å². The van der Waals surface area contributed by atoms with E-state index in [1.54, 1.807) is 7.11 Å². The number of terminal acetylenes is 1. The summed E-state index contributed by atoms with van der Waals surface area (Å²) >= 11 is 0. The Balaban J connectivity index is 2.06. The van der Waals surface area contributed by atoms with Crippen molar-refractivity contribution in [3.63, 3.8) is 0 Å². The number of benzene rings is 1. The third-order valence-corrected chi connectivity index (χ3v) is 3.15. The summed E-state index contributed by atoms with van der Waals surface area (Å²) in [6.45, 7) is 2.76. The summed E-state index contributed by atoms with van der Waals surface area (Å²) in [6.07, 6.45) is 5.72. The predicted octanol–water partition coefficient (Wildman–Crippen LogP) is 2.77. The molecule has 18 heavy (non-hydrogen) atoms. The highest BCUT2D eigenvalue weighted by Crippen LogP contribution is 2.31. The minimum absolute atomic E-state index is 0.0656. The summed E-state index contributed by atoms with van der Waals surface area (Å²) in [5.74, 6) is 3.81. The van der Waals surface area contributed by atoms with Crippen molar-refractivity contribution in [3.05, 3.63) is 29.8 Å². The highest BCUT2D eigenvalue weighted by molar-refractivity contribution is 5.28. The van der Waals surface area contributed by atoms with Gasteiger partial charge in [0.05, 0.1) is 19.8 Å². The largest absolute Gasteiger partial charge is 0.497 e. The van der Waals surface area contributed by atoms with E-state index < -0.39 is 0 Å². The Kier molecular flexibility index (Phi) is 4.24. The van der Waals surface area contributed by atoms with Crippen LogP contribution in [0.25, 0.3) is 0 Å². The zero-order valence-electron chi connectivity index (χ0n) is 10.8. The van der Waals surface area contributed by atoms with E-state index in [0.29, 0.717) is 18.9 Å². The summed E-state index contributed by atoms with van der Waals surface area (Å²) in [6, 6.07) is 7.70. The van der Waals surface area contributed by atoms with Crippen molar-refractivity contribution in [2.45, 2.75) is 25.7 Å². The van der Waals surface area contributed by atoms with Crippen LogP contribution >= 0.6 is 0 Å². The van der Waals surface area contributed by atoms with Gasteiger partial charge < -0.3 is 14.2 Å². The van der Waals surface area contributed by atoms with Gasteiger partial charge in [0.1, 0.15) is 5.75 Å². The molecule has 0 bridgehead atoms. The number of methoxy groups -OCH3 is 1. The van der Waals surface area contributed by atoms with E-state index in [4.69, 9.17) is 20.6 Å². The van der Waals surface area contributed by atoms with E-state index in [1.165, 1.54) is 0 Å². The molecule has 1 aliphatic rings. The molecule has 0 saturated carbocycles. The molecule has 0 spiro atoms. The van der Waals surface area contributed by atoms with Gasteiger partial charge in [0.25, 0.3) is 0 Å². The van der Waals surface area contributed by atoms with Gasteiger partial charge in [-0.2, -0.15) is 0 Å². The molecule has 0 aromatic heterocycles. The molecule has 1 aromatic carbocycles. The van der Waals surface area contributed by atoms with Crippen LogP contribution in [0.4, 0.5) is 0 Å². The standard InChI is InChI=1S/C15H18O3/c1-4-5-14-11(2)10-17-15(18-14)12-6-8-13(16-3)9-7-12/h1,6-9,11,14-15H,5,10H2,2-3H3/t11-,14-,15-/m1/s1. The van der Waals surface area contributed by atoms with Crippen molar-refractivity contribution < 1.29 is 14.2 Å². The van der Waals surface area contributed by atoms with Crippen molar-refractivity contribution in [1.82, 2.24) is 0 Å². The van der Waals surface area contributed by atoms with Gasteiger partial charge in [-0.3, -0.25) is 0 Å². The first-order valence-electron chi connectivity index (χ1n) is 6.09. The zero-order chi connectivity index (χ0) is 13.0. The molecule has 0 N–H and O–H groups in total. The highest BCUT2D eigenvalue weighted by Gasteiger charge is 2.29. The molecular weight excluding hydrogens is 228 g/mol. The molecule has 0 aliphatic carbocycles. The van der Waals surface area contributed by atoms with Gasteiger partial charge in [-0.05, 0) is 12.1 Å². The highest BCUT2D eigenvalue weighted by atomic mass is 16.7. The summed E-state index contributed by atoms with van der Waals surface area (Å²) in [4.78, 5) is 0. The minimum atomic E-state index is -0.328. The fraction of sp³-hybridized carbons (Fsp3) is 0.467. The minimum Gasteiger partial charge on any atom is -0.497 e. The Bertz CT molecular complexity index is 418. The van der Waals surface area contributed by atoms with Crippen LogP contribution in [0.3, 0.4) is 0 Å². The maximum Gasteiger partial charge on any atom is 0.184 e. The van der Waals surface area contributed by atoms with E-state index in [0.717, 1.165) is 11.3 Å². The third-order valence-electron chi connectivity index (χ3n) is 3.15. The molecule has 0 unspecified atom stereocenters. The lowest BCUT2D eigenvalue weighted by Gasteiger charge is -2.34. The van der Waals surface area contributed by atoms with Gasteiger partial charge in [0.2, 0.25) is 0 Å². The molecule has 96 valence electrons. The lowest BCUT2D eigenvalue weighted by atomic mass is 10.0. The first kappa shape index (κ1) is 12.9. The van der Waals surface area contributed by atoms with Crippen molar-refractivity contribution >= 4 is 0 Å².